The van der Waals surface area contributed by atoms with E-state index in [1.165, 1.54) is 0 Å². The third-order valence-electron chi connectivity index (χ3n) is 4.11. The van der Waals surface area contributed by atoms with E-state index in [0.717, 1.165) is 17.5 Å². The first-order valence-corrected chi connectivity index (χ1v) is 8.20. The van der Waals surface area contributed by atoms with E-state index in [-0.39, 0.29) is 25.5 Å². The van der Waals surface area contributed by atoms with Gasteiger partial charge in [-0.1, -0.05) is 47.5 Å². The van der Waals surface area contributed by atoms with Crippen LogP contribution in [0, 0.1) is 0 Å². The minimum Gasteiger partial charge on any atom is -0.358 e. The van der Waals surface area contributed by atoms with Crippen LogP contribution in [0.5, 0.6) is 0 Å². The van der Waals surface area contributed by atoms with Crippen LogP contribution in [0.3, 0.4) is 0 Å². The summed E-state index contributed by atoms with van der Waals surface area (Å²) in [6, 6.07) is 14.4. The molecule has 0 aliphatic carbocycles. The molecule has 2 aromatic rings. The minimum absolute atomic E-state index is 0.108. The molecule has 0 bridgehead atoms. The van der Waals surface area contributed by atoms with Crippen molar-refractivity contribution in [2.45, 2.75) is 12.0 Å². The molecule has 3 rings (SSSR count). The Kier molecular flexibility index (Phi) is 4.90. The van der Waals surface area contributed by atoms with Gasteiger partial charge in [-0.2, -0.15) is 0 Å². The first kappa shape index (κ1) is 17.0. The Labute approximate surface area is 149 Å². The fraction of sp³-hybridized carbons (Fsp3) is 0.222. The van der Waals surface area contributed by atoms with Gasteiger partial charge < -0.3 is 14.4 Å². The predicted octanol–water partition coefficient (Wildman–Crippen LogP) is 3.84. The number of morpholine rings is 1. The number of aldehydes is 1. The van der Waals surface area contributed by atoms with Crippen LogP contribution in [0.15, 0.2) is 48.5 Å². The molecule has 4 nitrogen and oxygen atoms in total. The zero-order valence-electron chi connectivity index (χ0n) is 12.7. The molecule has 0 saturated carbocycles. The van der Waals surface area contributed by atoms with Crippen molar-refractivity contribution in [2.75, 3.05) is 18.1 Å². The largest absolute Gasteiger partial charge is 0.358 e. The number of rotatable bonds is 4. The highest BCUT2D eigenvalue weighted by atomic mass is 35.5. The standard InChI is InChI=1S/C18H15Cl2NO3/c19-15-7-6-13(10-16(15)20)18(8-9-22)12-21(17(23)11-24-18)14-4-2-1-3-5-14/h1-7,9-10H,8,11-12H2. The highest BCUT2D eigenvalue weighted by Gasteiger charge is 2.42. The third kappa shape index (κ3) is 3.18. The van der Waals surface area contributed by atoms with Gasteiger partial charge in [0.1, 0.15) is 18.5 Å². The van der Waals surface area contributed by atoms with E-state index < -0.39 is 5.60 Å². The molecule has 0 spiro atoms. The number of ether oxygens (including phenoxy) is 1. The zero-order valence-corrected chi connectivity index (χ0v) is 14.3. The summed E-state index contributed by atoms with van der Waals surface area (Å²) in [6.07, 6.45) is 0.906. The lowest BCUT2D eigenvalue weighted by atomic mass is 9.88. The van der Waals surface area contributed by atoms with Crippen LogP contribution < -0.4 is 4.90 Å². The van der Waals surface area contributed by atoms with Crippen molar-refractivity contribution in [1.29, 1.82) is 0 Å². The Balaban J connectivity index is 2.02. The molecular weight excluding hydrogens is 349 g/mol. The van der Waals surface area contributed by atoms with Gasteiger partial charge in [-0.15, -0.1) is 0 Å². The zero-order chi connectivity index (χ0) is 17.2. The fourth-order valence-corrected chi connectivity index (χ4v) is 3.14. The molecule has 1 saturated heterocycles. The second-order valence-electron chi connectivity index (χ2n) is 5.60. The smallest absolute Gasteiger partial charge is 0.253 e. The van der Waals surface area contributed by atoms with E-state index in [0.29, 0.717) is 10.0 Å². The van der Waals surface area contributed by atoms with E-state index >= 15 is 0 Å². The van der Waals surface area contributed by atoms with Crippen molar-refractivity contribution in [3.8, 4) is 0 Å². The molecule has 6 heteroatoms. The molecule has 2 aromatic carbocycles. The van der Waals surface area contributed by atoms with E-state index in [9.17, 15) is 9.59 Å². The van der Waals surface area contributed by atoms with Crippen LogP contribution in [0.2, 0.25) is 10.0 Å². The Morgan fingerprint density at radius 1 is 1.12 bits per heavy atom. The van der Waals surface area contributed by atoms with Crippen LogP contribution in [-0.2, 0) is 19.9 Å². The molecule has 0 radical (unpaired) electrons. The number of para-hydroxylation sites is 1. The van der Waals surface area contributed by atoms with Gasteiger partial charge in [0.15, 0.2) is 0 Å². The maximum atomic E-state index is 12.3. The van der Waals surface area contributed by atoms with Crippen molar-refractivity contribution in [3.63, 3.8) is 0 Å². The summed E-state index contributed by atoms with van der Waals surface area (Å²) in [5, 5.41) is 0.805. The lowest BCUT2D eigenvalue weighted by Crippen LogP contribution is -2.53. The number of hydrogen-bond donors (Lipinski definition) is 0. The molecule has 1 aliphatic rings. The van der Waals surface area contributed by atoms with Crippen LogP contribution in [0.25, 0.3) is 0 Å². The summed E-state index contributed by atoms with van der Waals surface area (Å²) in [6.45, 7) is 0.121. The topological polar surface area (TPSA) is 46.6 Å². The lowest BCUT2D eigenvalue weighted by Gasteiger charge is -2.42. The van der Waals surface area contributed by atoms with E-state index in [1.807, 2.05) is 30.3 Å². The molecule has 1 fully saturated rings. The maximum absolute atomic E-state index is 12.3. The average Bonchev–Trinajstić information content (AvgIpc) is 2.60. The summed E-state index contributed by atoms with van der Waals surface area (Å²) in [5.41, 5.74) is 0.540. The molecule has 1 amide bonds. The number of halogens is 2. The Bertz CT molecular complexity index is 766. The van der Waals surface area contributed by atoms with Gasteiger partial charge in [-0.05, 0) is 29.8 Å². The molecule has 1 heterocycles. The normalized spacial score (nSPS) is 20.9. The molecule has 0 N–H and O–H groups in total. The van der Waals surface area contributed by atoms with E-state index in [2.05, 4.69) is 0 Å². The molecule has 1 unspecified atom stereocenters. The number of carbonyl (C=O) groups is 2. The second kappa shape index (κ2) is 6.93. The maximum Gasteiger partial charge on any atom is 0.253 e. The van der Waals surface area contributed by atoms with Crippen LogP contribution in [-0.4, -0.2) is 25.3 Å². The number of carbonyl (C=O) groups excluding carboxylic acids is 2. The summed E-state index contributed by atoms with van der Waals surface area (Å²) in [7, 11) is 0. The van der Waals surface area contributed by atoms with Crippen LogP contribution in [0.4, 0.5) is 5.69 Å². The first-order valence-electron chi connectivity index (χ1n) is 7.44. The molecule has 1 aliphatic heterocycles. The second-order valence-corrected chi connectivity index (χ2v) is 6.41. The van der Waals surface area contributed by atoms with Gasteiger partial charge in [0.05, 0.1) is 16.6 Å². The first-order chi connectivity index (χ1) is 11.6. The van der Waals surface area contributed by atoms with Crippen molar-refractivity contribution >= 4 is 41.1 Å². The Morgan fingerprint density at radius 2 is 1.88 bits per heavy atom. The number of benzene rings is 2. The van der Waals surface area contributed by atoms with Gasteiger partial charge in [0, 0.05) is 12.1 Å². The number of nitrogens with zero attached hydrogens (tertiary/aromatic N) is 1. The SMILES string of the molecule is O=CCC1(c2ccc(Cl)c(Cl)c2)CN(c2ccccc2)C(=O)CO1. The molecule has 24 heavy (non-hydrogen) atoms. The minimum atomic E-state index is -0.945. The summed E-state index contributed by atoms with van der Waals surface area (Å²) < 4.78 is 5.83. The van der Waals surface area contributed by atoms with Gasteiger partial charge in [0.25, 0.3) is 5.91 Å². The summed E-state index contributed by atoms with van der Waals surface area (Å²) >= 11 is 12.1. The van der Waals surface area contributed by atoms with Crippen LogP contribution >= 0.6 is 23.2 Å². The van der Waals surface area contributed by atoms with Gasteiger partial charge >= 0.3 is 0 Å². The van der Waals surface area contributed by atoms with Gasteiger partial charge in [-0.3, -0.25) is 4.79 Å². The monoisotopic (exact) mass is 363 g/mol. The van der Waals surface area contributed by atoms with Gasteiger partial charge in [-0.25, -0.2) is 0 Å². The molecule has 124 valence electrons. The highest BCUT2D eigenvalue weighted by Crippen LogP contribution is 2.37. The number of anilines is 1. The number of hydrogen-bond acceptors (Lipinski definition) is 3. The van der Waals surface area contributed by atoms with Crippen molar-refractivity contribution in [1.82, 2.24) is 0 Å². The van der Waals surface area contributed by atoms with Crippen LogP contribution in [0.1, 0.15) is 12.0 Å². The summed E-state index contributed by atoms with van der Waals surface area (Å²) in [4.78, 5) is 25.2. The average molecular weight is 364 g/mol. The molecule has 1 atom stereocenters. The van der Waals surface area contributed by atoms with E-state index in [4.69, 9.17) is 27.9 Å². The number of amides is 1. The van der Waals surface area contributed by atoms with Crippen molar-refractivity contribution in [2.24, 2.45) is 0 Å². The third-order valence-corrected chi connectivity index (χ3v) is 4.85. The summed E-state index contributed by atoms with van der Waals surface area (Å²) in [5.74, 6) is -0.150. The van der Waals surface area contributed by atoms with E-state index in [1.54, 1.807) is 23.1 Å². The van der Waals surface area contributed by atoms with Gasteiger partial charge in [0.2, 0.25) is 0 Å². The fourth-order valence-electron chi connectivity index (χ4n) is 2.84. The Hall–Kier alpha value is -1.88. The lowest BCUT2D eigenvalue weighted by molar-refractivity contribution is -0.143. The predicted molar refractivity (Wildman–Crippen MR) is 93.6 cm³/mol. The molecular formula is C18H15Cl2NO3. The quantitative estimate of drug-likeness (QED) is 0.775. The Morgan fingerprint density at radius 3 is 2.54 bits per heavy atom. The highest BCUT2D eigenvalue weighted by molar-refractivity contribution is 6.42. The van der Waals surface area contributed by atoms with Crippen molar-refractivity contribution in [3.05, 3.63) is 64.1 Å². The molecule has 0 aromatic heterocycles. The van der Waals surface area contributed by atoms with Crippen molar-refractivity contribution < 1.29 is 14.3 Å².